The van der Waals surface area contributed by atoms with Gasteiger partial charge in [0.2, 0.25) is 0 Å². The number of rotatable bonds is 2. The van der Waals surface area contributed by atoms with E-state index in [9.17, 15) is 0 Å². The summed E-state index contributed by atoms with van der Waals surface area (Å²) >= 11 is 0. The third-order valence-corrected chi connectivity index (χ3v) is 7.41. The topological polar surface area (TPSA) is 13.1 Å². The molecule has 0 aliphatic carbocycles. The highest BCUT2D eigenvalue weighted by Crippen LogP contribution is 2.45. The fraction of sp³-hybridized carbons (Fsp3) is 0.0270. The summed E-state index contributed by atoms with van der Waals surface area (Å²) in [5, 5.41) is 4.55. The van der Waals surface area contributed by atoms with Crippen molar-refractivity contribution < 1.29 is 15.4 Å². The number of fused-ring (bicyclic) bond motifs is 7. The minimum Gasteiger partial charge on any atom is -0.456 e. The van der Waals surface area contributed by atoms with Crippen molar-refractivity contribution in [3.8, 4) is 22.3 Å². The molecule has 0 N–H and O–H groups in total. The van der Waals surface area contributed by atoms with Crippen molar-refractivity contribution in [2.24, 2.45) is 0 Å². The van der Waals surface area contributed by atoms with Gasteiger partial charge in [-0.3, -0.25) is 0 Å². The van der Waals surface area contributed by atoms with E-state index in [4.69, 9.17) is 15.4 Å². The molecule has 1 heterocycles. The molecule has 0 bridgehead atoms. The Bertz CT molecular complexity index is 2540. The zero-order valence-corrected chi connectivity index (χ0v) is 20.4. The summed E-state index contributed by atoms with van der Waals surface area (Å²) in [6, 6.07) is 21.8. The maximum atomic E-state index is 9.16. The molecule has 8 rings (SSSR count). The maximum absolute atomic E-state index is 9.16. The molecule has 178 valence electrons. The van der Waals surface area contributed by atoms with Crippen molar-refractivity contribution in [3.63, 3.8) is 0 Å². The van der Waals surface area contributed by atoms with E-state index in [1.165, 1.54) is 0 Å². The van der Waals surface area contributed by atoms with Gasteiger partial charge in [0.05, 0.1) is 11.0 Å². The zero-order chi connectivity index (χ0) is 32.2. The van der Waals surface area contributed by atoms with Crippen LogP contribution >= 0.6 is 0 Å². The lowest BCUT2D eigenvalue weighted by molar-refractivity contribution is 0.669. The summed E-state index contributed by atoms with van der Waals surface area (Å²) in [5.41, 5.74) is 4.19. The monoisotopic (exact) mass is 492 g/mol. The molecule has 0 fully saturated rings. The van der Waals surface area contributed by atoms with Crippen molar-refractivity contribution >= 4 is 54.3 Å². The molecule has 0 aliphatic rings. The van der Waals surface area contributed by atoms with Gasteiger partial charge in [0, 0.05) is 10.8 Å². The third kappa shape index (κ3) is 2.99. The number of benzene rings is 7. The lowest BCUT2D eigenvalue weighted by Gasteiger charge is -2.17. The Morgan fingerprint density at radius 3 is 1.74 bits per heavy atom. The van der Waals surface area contributed by atoms with Gasteiger partial charge in [0.15, 0.2) is 0 Å². The van der Waals surface area contributed by atoms with Gasteiger partial charge >= 0.3 is 0 Å². The van der Waals surface area contributed by atoms with Crippen molar-refractivity contribution in [2.75, 3.05) is 0 Å². The van der Waals surface area contributed by atoms with Gasteiger partial charge in [-0.15, -0.1) is 0 Å². The smallest absolute Gasteiger partial charge is 0.136 e. The molecule has 0 saturated heterocycles. The summed E-state index contributed by atoms with van der Waals surface area (Å²) < 4.78 is 77.3. The minimum absolute atomic E-state index is 0.190. The minimum atomic E-state index is -0.422. The zero-order valence-electron chi connectivity index (χ0n) is 28.4. The van der Waals surface area contributed by atoms with E-state index in [1.807, 2.05) is 49.4 Å². The van der Waals surface area contributed by atoms with Crippen LogP contribution in [-0.4, -0.2) is 0 Å². The summed E-state index contributed by atoms with van der Waals surface area (Å²) in [6.07, 6.45) is 0. The molecule has 0 unspecified atom stereocenters. The first-order valence-electron chi connectivity index (χ1n) is 16.5. The molecule has 0 aliphatic heterocycles. The van der Waals surface area contributed by atoms with E-state index in [0.29, 0.717) is 33.4 Å². The fourth-order valence-corrected chi connectivity index (χ4v) is 5.78. The number of aryl methyl sites for hydroxylation is 1. The second kappa shape index (κ2) is 8.06. The summed E-state index contributed by atoms with van der Waals surface area (Å²) in [6.45, 7) is 2.04. The Balaban J connectivity index is 1.65. The van der Waals surface area contributed by atoms with Gasteiger partial charge in [-0.1, -0.05) is 109 Å². The SMILES string of the molecule is [2H]c1c([2H])c([2H])c2c(-c3ccc4oc5cc(C)c6ccccc6c5c4c3)c3c([2H])c([2H])c([2H])c([2H])c3c(-c3ccccc3)c2c1[2H]. The number of hydrogen-bond donors (Lipinski definition) is 0. The van der Waals surface area contributed by atoms with Crippen LogP contribution in [-0.2, 0) is 0 Å². The molecular weight excluding hydrogens is 460 g/mol. The van der Waals surface area contributed by atoms with E-state index in [1.54, 1.807) is 30.3 Å². The van der Waals surface area contributed by atoms with Crippen molar-refractivity contribution in [1.82, 2.24) is 0 Å². The molecule has 0 radical (unpaired) electrons. The Morgan fingerprint density at radius 1 is 0.500 bits per heavy atom. The summed E-state index contributed by atoms with van der Waals surface area (Å²) in [5.74, 6) is 0. The van der Waals surface area contributed by atoms with E-state index in [0.717, 1.165) is 27.1 Å². The largest absolute Gasteiger partial charge is 0.456 e. The first kappa shape index (κ1) is 14.8. The predicted molar refractivity (Wildman–Crippen MR) is 162 cm³/mol. The molecule has 0 atom stereocenters. The predicted octanol–water partition coefficient (Wildman–Crippen LogP) is 10.7. The molecule has 8 aromatic rings. The molecule has 1 nitrogen and oxygen atoms in total. The molecule has 1 heteroatoms. The van der Waals surface area contributed by atoms with Crippen LogP contribution in [0.3, 0.4) is 0 Å². The number of hydrogen-bond acceptors (Lipinski definition) is 1. The van der Waals surface area contributed by atoms with Crippen LogP contribution in [0, 0.1) is 6.92 Å². The van der Waals surface area contributed by atoms with E-state index in [2.05, 4.69) is 6.07 Å². The average molecular weight is 493 g/mol. The molecule has 0 spiro atoms. The van der Waals surface area contributed by atoms with Gasteiger partial charge in [-0.25, -0.2) is 0 Å². The summed E-state index contributed by atoms with van der Waals surface area (Å²) in [4.78, 5) is 0. The molecular formula is C37H24O. The maximum Gasteiger partial charge on any atom is 0.136 e. The Hall–Kier alpha value is -4.88. The van der Waals surface area contributed by atoms with Crippen molar-refractivity contribution in [2.45, 2.75) is 6.92 Å². The van der Waals surface area contributed by atoms with Gasteiger partial charge in [-0.05, 0) is 85.3 Å². The van der Waals surface area contributed by atoms with Crippen molar-refractivity contribution in [3.05, 3.63) is 133 Å². The van der Waals surface area contributed by atoms with Crippen LogP contribution in [0.4, 0.5) is 0 Å². The number of furan rings is 1. The van der Waals surface area contributed by atoms with Crippen LogP contribution < -0.4 is 0 Å². The highest BCUT2D eigenvalue weighted by atomic mass is 16.3. The molecule has 0 saturated carbocycles. The van der Waals surface area contributed by atoms with E-state index < -0.39 is 24.2 Å². The third-order valence-electron chi connectivity index (χ3n) is 7.41. The lowest BCUT2D eigenvalue weighted by Crippen LogP contribution is -1.90. The quantitative estimate of drug-likeness (QED) is 0.219. The van der Waals surface area contributed by atoms with Gasteiger partial charge in [-0.2, -0.15) is 0 Å². The first-order chi connectivity index (χ1) is 22.1. The first-order valence-corrected chi connectivity index (χ1v) is 12.5. The van der Waals surface area contributed by atoms with Crippen LogP contribution in [0.15, 0.2) is 132 Å². The van der Waals surface area contributed by atoms with Gasteiger partial charge < -0.3 is 4.42 Å². The second-order valence-corrected chi connectivity index (χ2v) is 9.54. The Labute approximate surface area is 231 Å². The van der Waals surface area contributed by atoms with Crippen molar-refractivity contribution in [1.29, 1.82) is 0 Å². The Kier molecular flexibility index (Phi) is 3.13. The van der Waals surface area contributed by atoms with E-state index in [-0.39, 0.29) is 45.7 Å². The Morgan fingerprint density at radius 2 is 1.08 bits per heavy atom. The lowest BCUT2D eigenvalue weighted by atomic mass is 9.85. The summed E-state index contributed by atoms with van der Waals surface area (Å²) in [7, 11) is 0. The molecule has 1 aromatic heterocycles. The molecule has 38 heavy (non-hydrogen) atoms. The van der Waals surface area contributed by atoms with Crippen LogP contribution in [0.2, 0.25) is 0 Å². The van der Waals surface area contributed by atoms with Gasteiger partial charge in [0.1, 0.15) is 11.2 Å². The van der Waals surface area contributed by atoms with Crippen LogP contribution in [0.25, 0.3) is 76.5 Å². The molecule has 0 amide bonds. The normalized spacial score (nSPS) is 14.8. The highest BCUT2D eigenvalue weighted by molar-refractivity contribution is 6.24. The van der Waals surface area contributed by atoms with E-state index >= 15 is 0 Å². The standard InChI is InChI=1S/C37H24O/c1-23-21-34-37(27-14-6-5-13-26(23)27)32-22-25(19-20-33(32)38-34)36-30-17-9-7-15-28(30)35(24-11-3-2-4-12-24)29-16-8-10-18-31(29)36/h2-22H,1H3/i7D,8D,9D,10D,15D,16D,17D,18D. The fourth-order valence-electron chi connectivity index (χ4n) is 5.78. The second-order valence-electron chi connectivity index (χ2n) is 9.54. The molecule has 7 aromatic carbocycles. The van der Waals surface area contributed by atoms with Crippen LogP contribution in [0.5, 0.6) is 0 Å². The van der Waals surface area contributed by atoms with Crippen LogP contribution in [0.1, 0.15) is 16.5 Å². The highest BCUT2D eigenvalue weighted by Gasteiger charge is 2.18. The van der Waals surface area contributed by atoms with Gasteiger partial charge in [0.25, 0.3) is 0 Å². The average Bonchev–Trinajstić information content (AvgIpc) is 3.44.